The van der Waals surface area contributed by atoms with E-state index in [1.54, 1.807) is 7.11 Å². The molecule has 1 amide bonds. The number of hydrogen-bond acceptors (Lipinski definition) is 4. The predicted molar refractivity (Wildman–Crippen MR) is 98.1 cm³/mol. The Bertz CT molecular complexity index is 669. The fourth-order valence-corrected chi connectivity index (χ4v) is 3.90. The minimum Gasteiger partial charge on any atom is -0.497 e. The molecule has 140 valence electrons. The highest BCUT2D eigenvalue weighted by atomic mass is 32.2. The van der Waals surface area contributed by atoms with Crippen LogP contribution in [0.4, 0.5) is 0 Å². The molecule has 1 saturated carbocycles. The lowest BCUT2D eigenvalue weighted by Crippen LogP contribution is -2.45. The van der Waals surface area contributed by atoms with Gasteiger partial charge in [0.05, 0.1) is 19.9 Å². The number of ether oxygens (including phenoxy) is 1. The molecule has 1 aromatic carbocycles. The summed E-state index contributed by atoms with van der Waals surface area (Å²) in [6, 6.07) is 7.69. The zero-order chi connectivity index (χ0) is 18.3. The van der Waals surface area contributed by atoms with Crippen molar-refractivity contribution in [3.8, 4) is 5.75 Å². The maximum atomic E-state index is 12.2. The molecule has 2 rings (SSSR count). The van der Waals surface area contributed by atoms with Crippen LogP contribution in [0.3, 0.4) is 0 Å². The van der Waals surface area contributed by atoms with Gasteiger partial charge in [-0.15, -0.1) is 0 Å². The quantitative estimate of drug-likeness (QED) is 0.761. The van der Waals surface area contributed by atoms with E-state index in [1.807, 2.05) is 24.3 Å². The van der Waals surface area contributed by atoms with E-state index in [1.165, 1.54) is 10.7 Å². The van der Waals surface area contributed by atoms with Gasteiger partial charge in [-0.2, -0.15) is 4.31 Å². The maximum absolute atomic E-state index is 12.2. The molecule has 1 N–H and O–H groups in total. The second kappa shape index (κ2) is 9.20. The van der Waals surface area contributed by atoms with E-state index >= 15 is 0 Å². The number of methoxy groups -OCH3 is 1. The van der Waals surface area contributed by atoms with Gasteiger partial charge in [0.15, 0.2) is 0 Å². The fourth-order valence-electron chi connectivity index (χ4n) is 3.12. The summed E-state index contributed by atoms with van der Waals surface area (Å²) in [6.07, 6.45) is 7.09. The van der Waals surface area contributed by atoms with Crippen molar-refractivity contribution in [3.63, 3.8) is 0 Å². The first-order chi connectivity index (χ1) is 11.9. The Morgan fingerprint density at radius 1 is 1.28 bits per heavy atom. The highest BCUT2D eigenvalue weighted by Crippen LogP contribution is 2.17. The molecular formula is C18H28N2O4S. The largest absolute Gasteiger partial charge is 0.497 e. The van der Waals surface area contributed by atoms with E-state index in [9.17, 15) is 13.2 Å². The third-order valence-corrected chi connectivity index (χ3v) is 5.79. The van der Waals surface area contributed by atoms with Crippen molar-refractivity contribution in [1.82, 2.24) is 9.62 Å². The topological polar surface area (TPSA) is 75.7 Å². The van der Waals surface area contributed by atoms with Gasteiger partial charge in [0.25, 0.3) is 0 Å². The van der Waals surface area contributed by atoms with Crippen molar-refractivity contribution in [3.05, 3.63) is 29.8 Å². The molecule has 0 unspecified atom stereocenters. The van der Waals surface area contributed by atoms with Crippen LogP contribution in [-0.4, -0.2) is 51.1 Å². The normalized spacial score (nSPS) is 16.0. The molecule has 1 aromatic rings. The van der Waals surface area contributed by atoms with Crippen LogP contribution in [-0.2, 0) is 21.2 Å². The van der Waals surface area contributed by atoms with Crippen molar-refractivity contribution in [2.75, 3.05) is 26.5 Å². The molecule has 0 spiro atoms. The first kappa shape index (κ1) is 19.7. The molecular weight excluding hydrogens is 340 g/mol. The van der Waals surface area contributed by atoms with Gasteiger partial charge in [-0.1, -0.05) is 31.4 Å². The highest BCUT2D eigenvalue weighted by Gasteiger charge is 2.22. The van der Waals surface area contributed by atoms with Crippen LogP contribution in [0.1, 0.15) is 37.7 Å². The summed E-state index contributed by atoms with van der Waals surface area (Å²) in [6.45, 7) is 0.142. The predicted octanol–water partition coefficient (Wildman–Crippen LogP) is 1.95. The highest BCUT2D eigenvalue weighted by molar-refractivity contribution is 7.88. The van der Waals surface area contributed by atoms with Crippen molar-refractivity contribution in [1.29, 1.82) is 0 Å². The Kier molecular flexibility index (Phi) is 7.25. The minimum absolute atomic E-state index is 0.126. The van der Waals surface area contributed by atoms with Crippen LogP contribution in [0.15, 0.2) is 24.3 Å². The zero-order valence-corrected chi connectivity index (χ0v) is 15.8. The maximum Gasteiger partial charge on any atom is 0.235 e. The third kappa shape index (κ3) is 6.66. The molecule has 1 aliphatic carbocycles. The lowest BCUT2D eigenvalue weighted by Gasteiger charge is -2.25. The number of carbonyl (C=O) groups is 1. The summed E-state index contributed by atoms with van der Waals surface area (Å²) in [4.78, 5) is 12.2. The fraction of sp³-hybridized carbons (Fsp3) is 0.611. The summed E-state index contributed by atoms with van der Waals surface area (Å²) < 4.78 is 30.5. The molecule has 7 heteroatoms. The van der Waals surface area contributed by atoms with Crippen LogP contribution in [0.25, 0.3) is 0 Å². The van der Waals surface area contributed by atoms with Crippen LogP contribution in [0.2, 0.25) is 0 Å². The number of rotatable bonds is 8. The van der Waals surface area contributed by atoms with Gasteiger partial charge in [0.1, 0.15) is 5.75 Å². The standard InChI is InChI=1S/C18H28N2O4S/c1-24-17-10-6-7-15(13-17)11-12-20(25(2,22)23)14-18(21)19-16-8-4-3-5-9-16/h6-7,10,13,16H,3-5,8-9,11-12,14H2,1-2H3,(H,19,21). The van der Waals surface area contributed by atoms with Gasteiger partial charge in [-0.05, 0) is 37.0 Å². The van der Waals surface area contributed by atoms with Crippen LogP contribution in [0, 0.1) is 0 Å². The first-order valence-electron chi connectivity index (χ1n) is 8.76. The molecule has 0 aliphatic heterocycles. The number of nitrogens with zero attached hydrogens (tertiary/aromatic N) is 1. The molecule has 0 bridgehead atoms. The molecule has 0 radical (unpaired) electrons. The van der Waals surface area contributed by atoms with Gasteiger partial charge in [0.2, 0.25) is 15.9 Å². The Morgan fingerprint density at radius 2 is 2.00 bits per heavy atom. The van der Waals surface area contributed by atoms with E-state index in [0.717, 1.165) is 43.3 Å². The number of hydrogen-bond donors (Lipinski definition) is 1. The van der Waals surface area contributed by atoms with Gasteiger partial charge in [-0.3, -0.25) is 4.79 Å². The average molecular weight is 368 g/mol. The first-order valence-corrected chi connectivity index (χ1v) is 10.6. The summed E-state index contributed by atoms with van der Waals surface area (Å²) in [5.41, 5.74) is 0.973. The summed E-state index contributed by atoms with van der Waals surface area (Å²) in [7, 11) is -1.85. The second-order valence-corrected chi connectivity index (χ2v) is 8.58. The van der Waals surface area contributed by atoms with E-state index in [2.05, 4.69) is 5.32 Å². The number of nitrogens with one attached hydrogen (secondary N) is 1. The van der Waals surface area contributed by atoms with E-state index < -0.39 is 10.0 Å². The van der Waals surface area contributed by atoms with Crippen molar-refractivity contribution in [2.24, 2.45) is 0 Å². The Labute approximate surface area is 150 Å². The smallest absolute Gasteiger partial charge is 0.235 e. The number of sulfonamides is 1. The van der Waals surface area contributed by atoms with Crippen LogP contribution in [0.5, 0.6) is 5.75 Å². The SMILES string of the molecule is COc1cccc(CCN(CC(=O)NC2CCCCC2)S(C)(=O)=O)c1. The van der Waals surface area contributed by atoms with Gasteiger partial charge < -0.3 is 10.1 Å². The van der Waals surface area contributed by atoms with Crippen molar-refractivity contribution in [2.45, 2.75) is 44.6 Å². The van der Waals surface area contributed by atoms with Crippen LogP contribution >= 0.6 is 0 Å². The zero-order valence-electron chi connectivity index (χ0n) is 15.0. The minimum atomic E-state index is -3.45. The van der Waals surface area contributed by atoms with Gasteiger partial charge >= 0.3 is 0 Å². The lowest BCUT2D eigenvalue weighted by atomic mass is 9.95. The Morgan fingerprint density at radius 3 is 2.64 bits per heavy atom. The van der Waals surface area contributed by atoms with Crippen molar-refractivity contribution >= 4 is 15.9 Å². The van der Waals surface area contributed by atoms with E-state index in [4.69, 9.17) is 4.74 Å². The van der Waals surface area contributed by atoms with E-state index in [0.29, 0.717) is 6.42 Å². The molecule has 0 atom stereocenters. The number of carbonyl (C=O) groups excluding carboxylic acids is 1. The third-order valence-electron chi connectivity index (χ3n) is 4.54. The molecule has 1 fully saturated rings. The summed E-state index contributed by atoms with van der Waals surface area (Å²) in [5, 5.41) is 2.97. The second-order valence-electron chi connectivity index (χ2n) is 6.60. The summed E-state index contributed by atoms with van der Waals surface area (Å²) in [5.74, 6) is 0.515. The monoisotopic (exact) mass is 368 g/mol. The van der Waals surface area contributed by atoms with E-state index in [-0.39, 0.29) is 25.0 Å². The molecule has 6 nitrogen and oxygen atoms in total. The van der Waals surface area contributed by atoms with Gasteiger partial charge in [-0.25, -0.2) is 8.42 Å². The van der Waals surface area contributed by atoms with Crippen LogP contribution < -0.4 is 10.1 Å². The Balaban J connectivity index is 1.92. The molecule has 0 heterocycles. The Hall–Kier alpha value is -1.60. The molecule has 25 heavy (non-hydrogen) atoms. The molecule has 1 aliphatic rings. The number of amides is 1. The molecule has 0 saturated heterocycles. The lowest BCUT2D eigenvalue weighted by molar-refractivity contribution is -0.122. The average Bonchev–Trinajstić information content (AvgIpc) is 2.58. The summed E-state index contributed by atoms with van der Waals surface area (Å²) >= 11 is 0. The molecule has 0 aromatic heterocycles. The van der Waals surface area contributed by atoms with Gasteiger partial charge in [0, 0.05) is 12.6 Å². The van der Waals surface area contributed by atoms with Crippen molar-refractivity contribution < 1.29 is 17.9 Å². The number of benzene rings is 1.